The number of rotatable bonds is 6. The first kappa shape index (κ1) is 12.2. The van der Waals surface area contributed by atoms with E-state index in [1.165, 1.54) is 6.07 Å². The zero-order valence-electron chi connectivity index (χ0n) is 9.05. The van der Waals surface area contributed by atoms with E-state index in [-0.39, 0.29) is 5.82 Å². The molecule has 1 rings (SSSR count). The molecule has 0 saturated carbocycles. The van der Waals surface area contributed by atoms with Crippen molar-refractivity contribution in [2.75, 3.05) is 30.5 Å². The van der Waals surface area contributed by atoms with Crippen LogP contribution >= 0.6 is 11.8 Å². The summed E-state index contributed by atoms with van der Waals surface area (Å²) in [6.45, 7) is 3.16. The second-order valence-electron chi connectivity index (χ2n) is 3.00. The van der Waals surface area contributed by atoms with Gasteiger partial charge in [0, 0.05) is 24.1 Å². The van der Waals surface area contributed by atoms with Gasteiger partial charge in [0.15, 0.2) is 11.6 Å². The van der Waals surface area contributed by atoms with E-state index in [0.29, 0.717) is 12.4 Å². The van der Waals surface area contributed by atoms with Crippen molar-refractivity contribution in [2.24, 2.45) is 0 Å². The van der Waals surface area contributed by atoms with E-state index in [9.17, 15) is 4.39 Å². The fraction of sp³-hybridized carbons (Fsp3) is 0.455. The molecule has 0 aromatic heterocycles. The summed E-state index contributed by atoms with van der Waals surface area (Å²) in [4.78, 5) is 0. The van der Waals surface area contributed by atoms with Crippen LogP contribution in [0.4, 0.5) is 10.1 Å². The van der Waals surface area contributed by atoms with Crippen LogP contribution in [0.2, 0.25) is 0 Å². The molecular formula is C11H16FNOS. The van der Waals surface area contributed by atoms with Crippen LogP contribution in [0.1, 0.15) is 6.92 Å². The summed E-state index contributed by atoms with van der Waals surface area (Å²) in [7, 11) is 0. The van der Waals surface area contributed by atoms with Gasteiger partial charge in [-0.2, -0.15) is 11.8 Å². The molecule has 0 aliphatic heterocycles. The molecule has 0 fully saturated rings. The van der Waals surface area contributed by atoms with Gasteiger partial charge in [0.25, 0.3) is 0 Å². The summed E-state index contributed by atoms with van der Waals surface area (Å²) in [6, 6.07) is 4.94. The van der Waals surface area contributed by atoms with Crippen LogP contribution in [0, 0.1) is 5.82 Å². The predicted octanol–water partition coefficient (Wildman–Crippen LogP) is 3.00. The first-order valence-electron chi connectivity index (χ1n) is 4.93. The van der Waals surface area contributed by atoms with Crippen LogP contribution in [-0.2, 0) is 0 Å². The number of halogens is 1. The van der Waals surface area contributed by atoms with Crippen LogP contribution in [0.15, 0.2) is 18.2 Å². The van der Waals surface area contributed by atoms with Gasteiger partial charge >= 0.3 is 0 Å². The zero-order chi connectivity index (χ0) is 11.1. The third kappa shape index (κ3) is 4.00. The normalized spacial score (nSPS) is 10.1. The highest BCUT2D eigenvalue weighted by atomic mass is 32.2. The van der Waals surface area contributed by atoms with E-state index in [4.69, 9.17) is 4.74 Å². The minimum absolute atomic E-state index is 0.313. The molecule has 0 atom stereocenters. The van der Waals surface area contributed by atoms with Crippen LogP contribution in [0.5, 0.6) is 5.75 Å². The van der Waals surface area contributed by atoms with Gasteiger partial charge in [-0.25, -0.2) is 4.39 Å². The van der Waals surface area contributed by atoms with Crippen molar-refractivity contribution in [2.45, 2.75) is 6.92 Å². The van der Waals surface area contributed by atoms with Crippen molar-refractivity contribution in [3.8, 4) is 5.75 Å². The molecule has 0 saturated heterocycles. The fourth-order valence-electron chi connectivity index (χ4n) is 1.18. The summed E-state index contributed by atoms with van der Waals surface area (Å²) in [6.07, 6.45) is 2.04. The molecule has 4 heteroatoms. The lowest BCUT2D eigenvalue weighted by molar-refractivity contribution is 0.321. The standard InChI is InChI=1S/C11H16FNOS/c1-3-14-11-5-4-9(8-10(11)12)13-6-7-15-2/h4-5,8,13H,3,6-7H2,1-2H3. The maximum Gasteiger partial charge on any atom is 0.167 e. The van der Waals surface area contributed by atoms with Gasteiger partial charge in [0.1, 0.15) is 0 Å². The Morgan fingerprint density at radius 2 is 2.27 bits per heavy atom. The van der Waals surface area contributed by atoms with Crippen LogP contribution < -0.4 is 10.1 Å². The minimum atomic E-state index is -0.314. The van der Waals surface area contributed by atoms with Crippen LogP contribution in [0.3, 0.4) is 0 Å². The van der Waals surface area contributed by atoms with E-state index in [1.54, 1.807) is 17.8 Å². The van der Waals surface area contributed by atoms with Gasteiger partial charge in [-0.15, -0.1) is 0 Å². The maximum absolute atomic E-state index is 13.4. The molecule has 2 nitrogen and oxygen atoms in total. The van der Waals surface area contributed by atoms with Crippen molar-refractivity contribution < 1.29 is 9.13 Å². The van der Waals surface area contributed by atoms with Gasteiger partial charge in [-0.1, -0.05) is 0 Å². The number of hydrogen-bond acceptors (Lipinski definition) is 3. The third-order valence-electron chi connectivity index (χ3n) is 1.87. The zero-order valence-corrected chi connectivity index (χ0v) is 9.86. The number of hydrogen-bond donors (Lipinski definition) is 1. The lowest BCUT2D eigenvalue weighted by Gasteiger charge is -2.08. The first-order valence-corrected chi connectivity index (χ1v) is 6.32. The van der Waals surface area contributed by atoms with Gasteiger partial charge < -0.3 is 10.1 Å². The maximum atomic E-state index is 13.4. The summed E-state index contributed by atoms with van der Waals surface area (Å²) in [5.74, 6) is 1.01. The van der Waals surface area contributed by atoms with E-state index in [2.05, 4.69) is 5.32 Å². The second kappa shape index (κ2) is 6.56. The van der Waals surface area contributed by atoms with Crippen LogP contribution in [-0.4, -0.2) is 25.2 Å². The number of ether oxygens (including phenoxy) is 1. The molecule has 0 radical (unpaired) electrons. The Morgan fingerprint density at radius 1 is 1.47 bits per heavy atom. The molecule has 1 aromatic rings. The van der Waals surface area contributed by atoms with Crippen molar-refractivity contribution in [3.63, 3.8) is 0 Å². The highest BCUT2D eigenvalue weighted by Gasteiger charge is 2.03. The van der Waals surface area contributed by atoms with E-state index in [0.717, 1.165) is 18.0 Å². The van der Waals surface area contributed by atoms with Gasteiger partial charge in [-0.3, -0.25) is 0 Å². The van der Waals surface area contributed by atoms with E-state index >= 15 is 0 Å². The first-order chi connectivity index (χ1) is 7.27. The third-order valence-corrected chi connectivity index (χ3v) is 2.48. The summed E-state index contributed by atoms with van der Waals surface area (Å²) in [5.41, 5.74) is 0.796. The molecule has 0 amide bonds. The number of thioether (sulfide) groups is 1. The molecule has 0 heterocycles. The Bertz CT molecular complexity index is 307. The predicted molar refractivity (Wildman–Crippen MR) is 64.4 cm³/mol. The highest BCUT2D eigenvalue weighted by Crippen LogP contribution is 2.20. The molecule has 0 aliphatic carbocycles. The Kier molecular flexibility index (Phi) is 5.32. The summed E-state index contributed by atoms with van der Waals surface area (Å²) < 4.78 is 18.5. The van der Waals surface area contributed by atoms with E-state index in [1.807, 2.05) is 19.2 Å². The van der Waals surface area contributed by atoms with Gasteiger partial charge in [0.05, 0.1) is 6.61 Å². The molecule has 15 heavy (non-hydrogen) atoms. The Labute approximate surface area is 94.2 Å². The fourth-order valence-corrected chi connectivity index (χ4v) is 1.49. The molecule has 0 unspecified atom stereocenters. The minimum Gasteiger partial charge on any atom is -0.491 e. The van der Waals surface area contributed by atoms with E-state index < -0.39 is 0 Å². The monoisotopic (exact) mass is 229 g/mol. The number of benzene rings is 1. The summed E-state index contributed by atoms with van der Waals surface area (Å²) >= 11 is 1.76. The van der Waals surface area contributed by atoms with Crippen LogP contribution in [0.25, 0.3) is 0 Å². The molecular weight excluding hydrogens is 213 g/mol. The number of anilines is 1. The molecule has 84 valence electrons. The lowest BCUT2D eigenvalue weighted by atomic mass is 10.3. The molecule has 0 spiro atoms. The Balaban J connectivity index is 2.56. The van der Waals surface area contributed by atoms with Gasteiger partial charge in [-0.05, 0) is 25.3 Å². The van der Waals surface area contributed by atoms with Crippen molar-refractivity contribution in [1.29, 1.82) is 0 Å². The summed E-state index contributed by atoms with van der Waals surface area (Å²) in [5, 5.41) is 3.14. The molecule has 1 N–H and O–H groups in total. The molecule has 1 aromatic carbocycles. The highest BCUT2D eigenvalue weighted by molar-refractivity contribution is 7.98. The Morgan fingerprint density at radius 3 is 2.87 bits per heavy atom. The van der Waals surface area contributed by atoms with Crippen molar-refractivity contribution in [1.82, 2.24) is 0 Å². The SMILES string of the molecule is CCOc1ccc(NCCSC)cc1F. The smallest absolute Gasteiger partial charge is 0.167 e. The molecule has 0 aliphatic rings. The molecule has 0 bridgehead atoms. The van der Waals surface area contributed by atoms with Gasteiger partial charge in [0.2, 0.25) is 0 Å². The average Bonchev–Trinajstić information content (AvgIpc) is 2.23. The Hall–Kier alpha value is -0.900. The largest absolute Gasteiger partial charge is 0.491 e. The quantitative estimate of drug-likeness (QED) is 0.758. The second-order valence-corrected chi connectivity index (χ2v) is 3.98. The number of nitrogens with one attached hydrogen (secondary N) is 1. The van der Waals surface area contributed by atoms with Crippen molar-refractivity contribution in [3.05, 3.63) is 24.0 Å². The lowest BCUT2D eigenvalue weighted by Crippen LogP contribution is -2.04. The topological polar surface area (TPSA) is 21.3 Å². The van der Waals surface area contributed by atoms with Crippen molar-refractivity contribution >= 4 is 17.4 Å². The average molecular weight is 229 g/mol.